The van der Waals surface area contributed by atoms with Crippen molar-refractivity contribution in [1.82, 2.24) is 14.7 Å². The van der Waals surface area contributed by atoms with Gasteiger partial charge in [-0.05, 0) is 17.7 Å². The lowest BCUT2D eigenvalue weighted by molar-refractivity contribution is 0.397. The molecule has 0 aliphatic carbocycles. The topological polar surface area (TPSA) is 93.2 Å². The van der Waals surface area contributed by atoms with Crippen LogP contribution < -0.4 is 14.8 Å². The van der Waals surface area contributed by atoms with E-state index in [4.69, 9.17) is 4.74 Å². The van der Waals surface area contributed by atoms with Gasteiger partial charge < -0.3 is 10.1 Å². The SMILES string of the molecule is CNc1ccncc1S(=O)(=O)NCc1ccnc(OC)c1. The molecule has 8 heteroatoms. The molecule has 2 N–H and O–H groups in total. The van der Waals surface area contributed by atoms with Crippen molar-refractivity contribution in [3.8, 4) is 5.88 Å². The van der Waals surface area contributed by atoms with Crippen LogP contribution in [0.15, 0.2) is 41.7 Å². The molecule has 2 rings (SSSR count). The number of hydrogen-bond donors (Lipinski definition) is 2. The zero-order chi connectivity index (χ0) is 15.3. The summed E-state index contributed by atoms with van der Waals surface area (Å²) in [6.45, 7) is 0.138. The lowest BCUT2D eigenvalue weighted by atomic mass is 10.3. The number of nitrogens with one attached hydrogen (secondary N) is 2. The molecule has 0 aromatic carbocycles. The van der Waals surface area contributed by atoms with Gasteiger partial charge in [0.05, 0.1) is 12.8 Å². The Bertz CT molecular complexity index is 719. The highest BCUT2D eigenvalue weighted by molar-refractivity contribution is 7.89. The third-order valence-electron chi connectivity index (χ3n) is 2.82. The summed E-state index contributed by atoms with van der Waals surface area (Å²) in [5.74, 6) is 0.434. The summed E-state index contributed by atoms with van der Waals surface area (Å²) in [6.07, 6.45) is 4.39. The van der Waals surface area contributed by atoms with E-state index in [9.17, 15) is 8.42 Å². The Morgan fingerprint density at radius 1 is 1.29 bits per heavy atom. The normalized spacial score (nSPS) is 11.1. The zero-order valence-electron chi connectivity index (χ0n) is 11.7. The molecule has 7 nitrogen and oxygen atoms in total. The summed E-state index contributed by atoms with van der Waals surface area (Å²) in [7, 11) is -0.497. The van der Waals surface area contributed by atoms with Crippen LogP contribution in [-0.4, -0.2) is 32.5 Å². The van der Waals surface area contributed by atoms with Crippen molar-refractivity contribution in [1.29, 1.82) is 0 Å². The van der Waals surface area contributed by atoms with Gasteiger partial charge in [0.1, 0.15) is 4.90 Å². The first-order valence-corrected chi connectivity index (χ1v) is 7.65. The van der Waals surface area contributed by atoms with E-state index in [0.29, 0.717) is 11.6 Å². The Labute approximate surface area is 123 Å². The second-order valence-corrected chi connectivity index (χ2v) is 5.89. The van der Waals surface area contributed by atoms with Crippen LogP contribution in [0.1, 0.15) is 5.56 Å². The maximum absolute atomic E-state index is 12.3. The largest absolute Gasteiger partial charge is 0.481 e. The highest BCUT2D eigenvalue weighted by Crippen LogP contribution is 2.19. The fraction of sp³-hybridized carbons (Fsp3) is 0.231. The lowest BCUT2D eigenvalue weighted by Crippen LogP contribution is -2.24. The van der Waals surface area contributed by atoms with Crippen LogP contribution >= 0.6 is 0 Å². The Balaban J connectivity index is 2.18. The van der Waals surface area contributed by atoms with E-state index in [1.165, 1.54) is 19.5 Å². The van der Waals surface area contributed by atoms with Crippen molar-refractivity contribution in [2.45, 2.75) is 11.4 Å². The smallest absolute Gasteiger partial charge is 0.244 e. The average molecular weight is 308 g/mol. The Hall–Kier alpha value is -2.19. The monoisotopic (exact) mass is 308 g/mol. The molecular weight excluding hydrogens is 292 g/mol. The minimum Gasteiger partial charge on any atom is -0.481 e. The van der Waals surface area contributed by atoms with Gasteiger partial charge in [-0.2, -0.15) is 0 Å². The van der Waals surface area contributed by atoms with E-state index >= 15 is 0 Å². The Kier molecular flexibility index (Phi) is 4.71. The number of anilines is 1. The summed E-state index contributed by atoms with van der Waals surface area (Å²) in [5.41, 5.74) is 1.24. The number of hydrogen-bond acceptors (Lipinski definition) is 6. The molecule has 0 bridgehead atoms. The van der Waals surface area contributed by atoms with Crippen molar-refractivity contribution >= 4 is 15.7 Å². The van der Waals surface area contributed by atoms with E-state index in [-0.39, 0.29) is 11.4 Å². The summed E-state index contributed by atoms with van der Waals surface area (Å²) in [6, 6.07) is 4.99. The molecule has 0 radical (unpaired) electrons. The van der Waals surface area contributed by atoms with Gasteiger partial charge in [0.15, 0.2) is 0 Å². The molecule has 0 fully saturated rings. The zero-order valence-corrected chi connectivity index (χ0v) is 12.5. The van der Waals surface area contributed by atoms with Crippen molar-refractivity contribution in [2.24, 2.45) is 0 Å². The van der Waals surface area contributed by atoms with E-state index in [1.807, 2.05) is 0 Å². The standard InChI is InChI=1S/C13H16N4O3S/c1-14-11-4-5-15-9-12(11)21(18,19)17-8-10-3-6-16-13(7-10)20-2/h3-7,9,17H,8H2,1-2H3,(H,14,15). The fourth-order valence-electron chi connectivity index (χ4n) is 1.73. The molecule has 2 aromatic rings. The van der Waals surface area contributed by atoms with Crippen LogP contribution in [-0.2, 0) is 16.6 Å². The molecular formula is C13H16N4O3S. The summed E-state index contributed by atoms with van der Waals surface area (Å²) < 4.78 is 32.1. The van der Waals surface area contributed by atoms with Gasteiger partial charge in [0.2, 0.25) is 15.9 Å². The highest BCUT2D eigenvalue weighted by Gasteiger charge is 2.18. The molecule has 21 heavy (non-hydrogen) atoms. The number of ether oxygens (including phenoxy) is 1. The first kappa shape index (κ1) is 15.2. The second-order valence-electron chi connectivity index (χ2n) is 4.15. The minimum atomic E-state index is -3.66. The average Bonchev–Trinajstić information content (AvgIpc) is 2.53. The number of sulfonamides is 1. The molecule has 2 aromatic heterocycles. The Morgan fingerprint density at radius 3 is 2.81 bits per heavy atom. The van der Waals surface area contributed by atoms with Crippen LogP contribution in [0.5, 0.6) is 5.88 Å². The van der Waals surface area contributed by atoms with Crippen LogP contribution in [0.25, 0.3) is 0 Å². The van der Waals surface area contributed by atoms with Crippen molar-refractivity contribution in [3.05, 3.63) is 42.4 Å². The van der Waals surface area contributed by atoms with Gasteiger partial charge in [-0.3, -0.25) is 4.98 Å². The minimum absolute atomic E-state index is 0.105. The maximum Gasteiger partial charge on any atom is 0.244 e. The molecule has 0 spiro atoms. The Morgan fingerprint density at radius 2 is 2.10 bits per heavy atom. The van der Waals surface area contributed by atoms with Gasteiger partial charge >= 0.3 is 0 Å². The number of aromatic nitrogens is 2. The van der Waals surface area contributed by atoms with Crippen LogP contribution in [0.4, 0.5) is 5.69 Å². The van der Waals surface area contributed by atoms with E-state index in [0.717, 1.165) is 5.56 Å². The molecule has 0 aliphatic rings. The quantitative estimate of drug-likeness (QED) is 0.827. The van der Waals surface area contributed by atoms with E-state index in [2.05, 4.69) is 20.0 Å². The fourth-order valence-corrected chi connectivity index (χ4v) is 2.90. The molecule has 0 saturated carbocycles. The summed E-state index contributed by atoms with van der Waals surface area (Å²) in [5, 5.41) is 2.83. The molecule has 2 heterocycles. The predicted molar refractivity (Wildman–Crippen MR) is 78.6 cm³/mol. The highest BCUT2D eigenvalue weighted by atomic mass is 32.2. The number of nitrogens with zero attached hydrogens (tertiary/aromatic N) is 2. The third-order valence-corrected chi connectivity index (χ3v) is 4.25. The first-order chi connectivity index (χ1) is 10.1. The van der Waals surface area contributed by atoms with Gasteiger partial charge in [-0.25, -0.2) is 18.1 Å². The molecule has 0 amide bonds. The first-order valence-electron chi connectivity index (χ1n) is 6.17. The van der Waals surface area contributed by atoms with E-state index in [1.54, 1.807) is 31.4 Å². The molecule has 112 valence electrons. The van der Waals surface area contributed by atoms with Gasteiger partial charge in [-0.1, -0.05) is 0 Å². The van der Waals surface area contributed by atoms with Gasteiger partial charge in [0, 0.05) is 38.2 Å². The molecule has 0 aliphatic heterocycles. The second kappa shape index (κ2) is 6.51. The van der Waals surface area contributed by atoms with Gasteiger partial charge in [0.25, 0.3) is 0 Å². The number of methoxy groups -OCH3 is 1. The van der Waals surface area contributed by atoms with Crippen LogP contribution in [0.3, 0.4) is 0 Å². The third kappa shape index (κ3) is 3.67. The van der Waals surface area contributed by atoms with Gasteiger partial charge in [-0.15, -0.1) is 0 Å². The maximum atomic E-state index is 12.3. The molecule has 0 unspecified atom stereocenters. The molecule has 0 saturated heterocycles. The van der Waals surface area contributed by atoms with Crippen molar-refractivity contribution in [3.63, 3.8) is 0 Å². The number of pyridine rings is 2. The lowest BCUT2D eigenvalue weighted by Gasteiger charge is -2.10. The van der Waals surface area contributed by atoms with Crippen LogP contribution in [0, 0.1) is 0 Å². The summed E-state index contributed by atoms with van der Waals surface area (Å²) >= 11 is 0. The van der Waals surface area contributed by atoms with E-state index < -0.39 is 10.0 Å². The predicted octanol–water partition coefficient (Wildman–Crippen LogP) is 1.01. The summed E-state index contributed by atoms with van der Waals surface area (Å²) in [4.78, 5) is 7.93. The van der Waals surface area contributed by atoms with Crippen LogP contribution in [0.2, 0.25) is 0 Å². The number of rotatable bonds is 6. The van der Waals surface area contributed by atoms with Crippen molar-refractivity contribution < 1.29 is 13.2 Å². The van der Waals surface area contributed by atoms with Crippen molar-refractivity contribution in [2.75, 3.05) is 19.5 Å². The molecule has 0 atom stereocenters.